The Balaban J connectivity index is 1.08. The van der Waals surface area contributed by atoms with Crippen molar-refractivity contribution in [2.45, 2.75) is 36.2 Å². The van der Waals surface area contributed by atoms with Crippen LogP contribution in [0.5, 0.6) is 11.5 Å². The van der Waals surface area contributed by atoms with Crippen molar-refractivity contribution >= 4 is 23.5 Å². The maximum Gasteiger partial charge on any atom is 0.130 e. The zero-order valence-corrected chi connectivity index (χ0v) is 27.2. The molecule has 13 rings (SSSR count). The van der Waals surface area contributed by atoms with Gasteiger partial charge in [-0.05, 0) is 87.0 Å². The van der Waals surface area contributed by atoms with Crippen LogP contribution in [0.15, 0.2) is 140 Å². The van der Waals surface area contributed by atoms with E-state index in [2.05, 4.69) is 97.1 Å². The number of pyridine rings is 1. The van der Waals surface area contributed by atoms with Crippen LogP contribution < -0.4 is 9.47 Å². The molecule has 5 heteroatoms. The summed E-state index contributed by atoms with van der Waals surface area (Å²) in [5, 5.41) is 0. The Morgan fingerprint density at radius 1 is 0.391 bits per heavy atom. The minimum atomic E-state index is 0.415. The van der Waals surface area contributed by atoms with Crippen LogP contribution in [-0.4, -0.2) is 4.98 Å². The molecule has 0 amide bonds. The summed E-state index contributed by atoms with van der Waals surface area (Å²) in [6.45, 7) is 0.831. The van der Waals surface area contributed by atoms with E-state index in [4.69, 9.17) is 14.5 Å². The number of aromatic nitrogens is 1. The lowest BCUT2D eigenvalue weighted by atomic mass is 9.98. The number of hydrogen-bond acceptors (Lipinski definition) is 5. The normalized spacial score (nSPS) is 13.7. The molecule has 0 saturated carbocycles. The molecule has 228 valence electrons. The predicted octanol–water partition coefficient (Wildman–Crippen LogP) is 10.8. The summed E-state index contributed by atoms with van der Waals surface area (Å²) in [6.07, 6.45) is 0. The molecule has 6 aromatic rings. The summed E-state index contributed by atoms with van der Waals surface area (Å²) in [5.41, 5.74) is 12.0. The molecule has 3 nitrogen and oxygen atoms in total. The first-order chi connectivity index (χ1) is 22.7. The highest BCUT2D eigenvalue weighted by Gasteiger charge is 2.06. The first-order valence-electron chi connectivity index (χ1n) is 15.6. The fourth-order valence-electron chi connectivity index (χ4n) is 5.41. The van der Waals surface area contributed by atoms with Crippen LogP contribution in [0.4, 0.5) is 0 Å². The molecule has 1 aromatic heterocycles. The molecule has 0 spiro atoms. The molecule has 0 saturated heterocycles. The molecule has 12 bridgehead atoms. The second-order valence-electron chi connectivity index (χ2n) is 11.4. The van der Waals surface area contributed by atoms with Crippen LogP contribution in [-0.2, 0) is 36.2 Å². The Bertz CT molecular complexity index is 1740. The van der Waals surface area contributed by atoms with E-state index in [0.29, 0.717) is 13.2 Å². The number of benzene rings is 5. The van der Waals surface area contributed by atoms with Crippen molar-refractivity contribution in [2.24, 2.45) is 0 Å². The van der Waals surface area contributed by atoms with Gasteiger partial charge in [0.15, 0.2) is 0 Å². The minimum Gasteiger partial charge on any atom is -0.487 e. The number of thioether (sulfide) groups is 2. The molecule has 0 aliphatic carbocycles. The Labute approximate surface area is 280 Å². The molecule has 0 unspecified atom stereocenters. The van der Waals surface area contributed by atoms with Crippen LogP contribution in [0, 0.1) is 0 Å². The van der Waals surface area contributed by atoms with Gasteiger partial charge >= 0.3 is 0 Å². The lowest BCUT2D eigenvalue weighted by molar-refractivity contribution is 0.290. The van der Waals surface area contributed by atoms with Gasteiger partial charge in [0.1, 0.15) is 24.7 Å². The molecule has 7 aliphatic rings. The van der Waals surface area contributed by atoms with Crippen molar-refractivity contribution in [3.63, 3.8) is 0 Å². The van der Waals surface area contributed by atoms with Crippen molar-refractivity contribution in [2.75, 3.05) is 0 Å². The van der Waals surface area contributed by atoms with E-state index in [1.165, 1.54) is 44.5 Å². The van der Waals surface area contributed by atoms with Gasteiger partial charge in [-0.15, -0.1) is 0 Å². The lowest BCUT2D eigenvalue weighted by Crippen LogP contribution is -2.03. The molecular formula is C41H35NO2S2. The highest BCUT2D eigenvalue weighted by atomic mass is 32.2. The lowest BCUT2D eigenvalue weighted by Gasteiger charge is -2.10. The van der Waals surface area contributed by atoms with Crippen LogP contribution in [0.1, 0.15) is 33.6 Å². The monoisotopic (exact) mass is 637 g/mol. The Hall–Kier alpha value is -4.45. The molecule has 0 atom stereocenters. The number of rotatable bonds is 0. The SMILES string of the molecule is c1cc2cc(c1)-c1ccc(cc1)CSCc1ccc(cc1)OCc1cccc(n1)COc1ccc(cc1)CSCc1ccc-2cc1. The third-order valence-corrected chi connectivity index (χ3v) is 10.1. The van der Waals surface area contributed by atoms with Gasteiger partial charge < -0.3 is 9.47 Å². The molecule has 8 heterocycles. The first-order valence-corrected chi connectivity index (χ1v) is 17.9. The third-order valence-electron chi connectivity index (χ3n) is 8.00. The predicted molar refractivity (Wildman–Crippen MR) is 193 cm³/mol. The third kappa shape index (κ3) is 8.03. The molecule has 0 N–H and O–H groups in total. The Morgan fingerprint density at radius 2 is 0.761 bits per heavy atom. The van der Waals surface area contributed by atoms with E-state index in [1.807, 2.05) is 66.0 Å². The fraction of sp³-hybridized carbons (Fsp3) is 0.146. The Kier molecular flexibility index (Phi) is 9.70. The van der Waals surface area contributed by atoms with Crippen molar-refractivity contribution in [3.05, 3.63) is 173 Å². The molecule has 0 radical (unpaired) electrons. The summed E-state index contributed by atoms with van der Waals surface area (Å²) in [7, 11) is 0. The number of ether oxygens (including phenoxy) is 2. The van der Waals surface area contributed by atoms with E-state index in [0.717, 1.165) is 45.9 Å². The van der Waals surface area contributed by atoms with Gasteiger partial charge in [-0.3, -0.25) is 4.98 Å². The van der Waals surface area contributed by atoms with Crippen molar-refractivity contribution in [3.8, 4) is 33.8 Å². The summed E-state index contributed by atoms with van der Waals surface area (Å²) in [4.78, 5) is 4.75. The van der Waals surface area contributed by atoms with Crippen LogP contribution >= 0.6 is 23.5 Å². The molecule has 5 aromatic carbocycles. The molecule has 46 heavy (non-hydrogen) atoms. The average Bonchev–Trinajstić information content (AvgIpc) is 3.11. The van der Waals surface area contributed by atoms with Crippen LogP contribution in [0.25, 0.3) is 22.3 Å². The highest BCUT2D eigenvalue weighted by Crippen LogP contribution is 2.29. The molecular weight excluding hydrogens is 603 g/mol. The summed E-state index contributed by atoms with van der Waals surface area (Å²) in [6, 6.07) is 49.6. The molecule has 0 fully saturated rings. The summed E-state index contributed by atoms with van der Waals surface area (Å²) in [5.74, 6) is 5.54. The summed E-state index contributed by atoms with van der Waals surface area (Å²) >= 11 is 3.85. The van der Waals surface area contributed by atoms with E-state index < -0.39 is 0 Å². The standard InChI is InChI=1S/C41H35NO2S2/c1-3-36-23-37(4-1)35-17-9-31(10-18-35)27-46-29-33-13-21-41(22-14-33)44-25-39-6-2-5-38(42-39)24-43-40-19-11-32(12-20-40)28-45-26-30-7-15-34(36)16-8-30/h1-23H,24-29H2. The van der Waals surface area contributed by atoms with E-state index in [9.17, 15) is 0 Å². The van der Waals surface area contributed by atoms with Gasteiger partial charge in [0.25, 0.3) is 0 Å². The highest BCUT2D eigenvalue weighted by molar-refractivity contribution is 7.97. The van der Waals surface area contributed by atoms with Gasteiger partial charge in [0.2, 0.25) is 0 Å². The maximum atomic E-state index is 6.05. The summed E-state index contributed by atoms with van der Waals surface area (Å²) < 4.78 is 12.1. The number of hydrogen-bond donors (Lipinski definition) is 0. The van der Waals surface area contributed by atoms with Gasteiger partial charge in [-0.2, -0.15) is 23.5 Å². The first kappa shape index (κ1) is 30.2. The maximum absolute atomic E-state index is 6.05. The molecule has 7 aliphatic heterocycles. The Morgan fingerprint density at radius 3 is 1.17 bits per heavy atom. The van der Waals surface area contributed by atoms with Gasteiger partial charge in [0.05, 0.1) is 11.4 Å². The van der Waals surface area contributed by atoms with Crippen LogP contribution in [0.2, 0.25) is 0 Å². The topological polar surface area (TPSA) is 31.4 Å². The second-order valence-corrected chi connectivity index (χ2v) is 13.4. The fourth-order valence-corrected chi connectivity index (χ4v) is 7.32. The smallest absolute Gasteiger partial charge is 0.130 e. The zero-order chi connectivity index (χ0) is 31.0. The van der Waals surface area contributed by atoms with Gasteiger partial charge in [0, 0.05) is 23.0 Å². The van der Waals surface area contributed by atoms with Crippen molar-refractivity contribution < 1.29 is 9.47 Å². The van der Waals surface area contributed by atoms with E-state index in [1.54, 1.807) is 0 Å². The van der Waals surface area contributed by atoms with Crippen molar-refractivity contribution in [1.29, 1.82) is 0 Å². The minimum absolute atomic E-state index is 0.415. The van der Waals surface area contributed by atoms with Crippen LogP contribution in [0.3, 0.4) is 0 Å². The average molecular weight is 638 g/mol. The zero-order valence-electron chi connectivity index (χ0n) is 25.6. The van der Waals surface area contributed by atoms with Gasteiger partial charge in [-0.1, -0.05) is 97.1 Å². The number of nitrogens with zero attached hydrogens (tertiary/aromatic N) is 1. The largest absolute Gasteiger partial charge is 0.487 e. The second kappa shape index (κ2) is 14.8. The van der Waals surface area contributed by atoms with E-state index >= 15 is 0 Å². The van der Waals surface area contributed by atoms with E-state index in [-0.39, 0.29) is 0 Å². The van der Waals surface area contributed by atoms with Gasteiger partial charge in [-0.25, -0.2) is 0 Å². The quantitative estimate of drug-likeness (QED) is 0.165. The van der Waals surface area contributed by atoms with Crippen molar-refractivity contribution in [1.82, 2.24) is 4.98 Å².